The van der Waals surface area contributed by atoms with Crippen LogP contribution in [-0.2, 0) is 70.5 Å². The van der Waals surface area contributed by atoms with Crippen LogP contribution in [0.1, 0.15) is 17.5 Å². The molecule has 0 bridgehead atoms. The maximum atomic E-state index is 12.7. The first-order valence-corrected chi connectivity index (χ1v) is 12.7. The van der Waals surface area contributed by atoms with Gasteiger partial charge in [0.25, 0.3) is 0 Å². The van der Waals surface area contributed by atoms with Crippen molar-refractivity contribution in [2.75, 3.05) is 18.8 Å². The van der Waals surface area contributed by atoms with Crippen molar-refractivity contribution in [3.05, 3.63) is 65.7 Å². The predicted octanol–water partition coefficient (Wildman–Crippen LogP) is -2.77. The normalized spacial score (nSPS) is 12.2. The number of nitrogens with two attached hydrogens (primary N) is 1. The third-order valence-electron chi connectivity index (χ3n) is 5.55. The van der Waals surface area contributed by atoms with Gasteiger partial charge in [-0.1, -0.05) is 54.6 Å². The topological polar surface area (TPSA) is 241 Å². The van der Waals surface area contributed by atoms with Crippen molar-refractivity contribution in [2.45, 2.75) is 37.4 Å². The van der Waals surface area contributed by atoms with Gasteiger partial charge >= 0.3 is 0 Å². The molecule has 0 saturated heterocycles. The molecule has 13 nitrogen and oxygen atoms in total. The Labute approximate surface area is 256 Å². The molecule has 0 aliphatic heterocycles. The number of nitrogens with one attached hydrogen (secondary N) is 5. The summed E-state index contributed by atoms with van der Waals surface area (Å²) >= 11 is 4.81. The largest absolute Gasteiger partial charge is 2.00 e. The summed E-state index contributed by atoms with van der Waals surface area (Å²) in [5.74, 6) is -3.69. The second kappa shape index (κ2) is 19.6. The first kappa shape index (κ1) is 37.5. The molecule has 0 unspecified atom stereocenters. The van der Waals surface area contributed by atoms with Crippen LogP contribution in [0, 0.1) is 5.41 Å². The average molecular weight is 758 g/mol. The summed E-state index contributed by atoms with van der Waals surface area (Å²) in [6.07, 6.45) is 0.214. The van der Waals surface area contributed by atoms with Crippen molar-refractivity contribution in [1.29, 1.82) is 5.41 Å². The Kier molecular flexibility index (Phi) is 17.9. The van der Waals surface area contributed by atoms with Crippen LogP contribution < -0.4 is 37.2 Å². The fourth-order valence-electron chi connectivity index (χ4n) is 3.43. The van der Waals surface area contributed by atoms with E-state index in [1.165, 1.54) is 12.1 Å². The summed E-state index contributed by atoms with van der Waals surface area (Å²) in [4.78, 5) is 49.5. The van der Waals surface area contributed by atoms with E-state index in [0.717, 1.165) is 11.1 Å². The maximum absolute atomic E-state index is 12.7. The van der Waals surface area contributed by atoms with Gasteiger partial charge in [-0.15, -0.1) is 5.75 Å². The van der Waals surface area contributed by atoms with E-state index in [-0.39, 0.29) is 63.2 Å². The summed E-state index contributed by atoms with van der Waals surface area (Å²) in [6.45, 7) is -0.440. The Bertz CT molecular complexity index is 1140. The number of rotatable bonds is 15. The van der Waals surface area contributed by atoms with Gasteiger partial charge in [-0.05, 0) is 23.4 Å². The fourth-order valence-corrected chi connectivity index (χ4v) is 3.66. The van der Waals surface area contributed by atoms with Gasteiger partial charge in [-0.25, -0.2) is 0 Å². The number of carbonyl (C=O) groups excluding carboxylic acids is 4. The Morgan fingerprint density at radius 3 is 2.05 bits per heavy atom. The predicted molar refractivity (Wildman–Crippen MR) is 143 cm³/mol. The summed E-state index contributed by atoms with van der Waals surface area (Å²) in [5, 5.41) is 39.6. The first-order valence-electron chi connectivity index (χ1n) is 12.1. The molecule has 2 rings (SSSR count). The zero-order chi connectivity index (χ0) is 28.8. The summed E-state index contributed by atoms with van der Waals surface area (Å²) in [5.41, 5.74) is 7.34. The Balaban J connectivity index is 0.00000800. The minimum absolute atomic E-state index is 0. The number of hydrogen-bond acceptors (Lipinski definition) is 9. The van der Waals surface area contributed by atoms with E-state index in [1.54, 1.807) is 42.5 Å². The molecule has 0 fully saturated rings. The van der Waals surface area contributed by atoms with Crippen molar-refractivity contribution in [3.63, 3.8) is 0 Å². The van der Waals surface area contributed by atoms with E-state index in [0.29, 0.717) is 0 Å². The van der Waals surface area contributed by atoms with E-state index in [1.807, 2.05) is 0 Å². The van der Waals surface area contributed by atoms with Crippen LogP contribution in [0.5, 0.6) is 5.75 Å². The van der Waals surface area contributed by atoms with Gasteiger partial charge < -0.3 is 60.7 Å². The van der Waals surface area contributed by atoms with Crippen LogP contribution >= 0.6 is 0 Å². The molecule has 225 valence electrons. The second-order valence-corrected chi connectivity index (χ2v) is 9.01. The van der Waals surface area contributed by atoms with E-state index in [2.05, 4.69) is 21.3 Å². The van der Waals surface area contributed by atoms with Gasteiger partial charge in [0, 0.05) is 45.9 Å². The molecule has 15 heteroatoms. The number of hydrogen-bond donors (Lipinski definition) is 6. The summed E-state index contributed by atoms with van der Waals surface area (Å²) in [6, 6.07) is 11.7. The minimum Gasteiger partial charge on any atom is -2.00 e. The van der Waals surface area contributed by atoms with Gasteiger partial charge in [0.15, 0.2) is 0 Å². The molecule has 3 atom stereocenters. The standard InChI is InChI=1S/C26H34N6O6S.O.Re/c27-19(12-17-6-8-18(33)9-7-17)25(37)29-11-10-22(34)30-14-23(35)31-20(13-16-4-2-1-3-5-16)26(38)32-21(15-39)24(28)36;;/h1-9,19-21,33,39H,10-15,27H2,(H2,28,36)(H,29,37)(H,30,34)(H,31,35)(H,32,38);;/q;-2;/p-3/t19-,20-,21+;;/m0../s1. The number of amides is 4. The van der Waals surface area contributed by atoms with Gasteiger partial charge in [0.1, 0.15) is 6.04 Å². The summed E-state index contributed by atoms with van der Waals surface area (Å²) < 4.78 is 0. The van der Waals surface area contributed by atoms with E-state index in [4.69, 9.17) is 23.8 Å². The molecule has 0 saturated carbocycles. The van der Waals surface area contributed by atoms with Gasteiger partial charge in [-0.3, -0.25) is 19.2 Å². The molecule has 2 aromatic rings. The van der Waals surface area contributed by atoms with Gasteiger partial charge in [0.05, 0.1) is 12.6 Å². The third kappa shape index (κ3) is 14.1. The molecule has 41 heavy (non-hydrogen) atoms. The van der Waals surface area contributed by atoms with E-state index in [9.17, 15) is 29.4 Å². The minimum atomic E-state index is -1.18. The fraction of sp³-hybridized carbons (Fsp3) is 0.346. The van der Waals surface area contributed by atoms with Crippen molar-refractivity contribution < 1.29 is 55.3 Å². The molecule has 2 aromatic carbocycles. The van der Waals surface area contributed by atoms with Gasteiger partial charge in [-0.2, -0.15) is 5.75 Å². The zero-order valence-corrected chi connectivity index (χ0v) is 25.4. The Morgan fingerprint density at radius 1 is 0.854 bits per heavy atom. The molecule has 0 aliphatic carbocycles. The molecule has 7 N–H and O–H groups in total. The summed E-state index contributed by atoms with van der Waals surface area (Å²) in [7, 11) is 0. The van der Waals surface area contributed by atoms with Crippen molar-refractivity contribution in [1.82, 2.24) is 21.3 Å². The van der Waals surface area contributed by atoms with Crippen molar-refractivity contribution in [3.8, 4) is 5.75 Å². The van der Waals surface area contributed by atoms with Crippen LogP contribution in [0.4, 0.5) is 0 Å². The Hall–Kier alpha value is -3.48. The smallest absolute Gasteiger partial charge is 0.243 e. The monoisotopic (exact) mass is 758 g/mol. The van der Waals surface area contributed by atoms with Gasteiger partial charge in [0.2, 0.25) is 23.6 Å². The molecule has 4 amide bonds. The maximum Gasteiger partial charge on any atom is 0.243 e. The molecule has 0 spiro atoms. The average Bonchev–Trinajstić information content (AvgIpc) is 2.91. The van der Waals surface area contributed by atoms with Crippen LogP contribution in [0.2, 0.25) is 0 Å². The molecule has 0 aliphatic rings. The first-order chi connectivity index (χ1) is 18.6. The molecular formula is C26H31N6O7ReS-5. The molecule has 0 aromatic heterocycles. The van der Waals surface area contributed by atoms with Crippen molar-refractivity contribution in [2.24, 2.45) is 5.73 Å². The molecular weight excluding hydrogens is 727 g/mol. The van der Waals surface area contributed by atoms with Crippen LogP contribution in [0.3, 0.4) is 0 Å². The van der Waals surface area contributed by atoms with Crippen LogP contribution in [0.15, 0.2) is 54.6 Å². The second-order valence-electron chi connectivity index (χ2n) is 8.67. The SMILES string of the molecule is N=C([O-])[C@@H](C[S-])NC(=O)[C@H](Cc1ccccc1)NC(=O)CNC(=O)CCNC(=O)[C@@H](N)Cc1ccc([O-])cc1.[O-2].[Re]. The van der Waals surface area contributed by atoms with Crippen LogP contribution in [-0.4, -0.2) is 66.5 Å². The van der Waals surface area contributed by atoms with Crippen molar-refractivity contribution >= 4 is 42.2 Å². The Morgan fingerprint density at radius 2 is 1.46 bits per heavy atom. The third-order valence-corrected chi connectivity index (χ3v) is 5.88. The number of carbonyl (C=O) groups is 4. The van der Waals surface area contributed by atoms with E-state index < -0.39 is 54.2 Å². The number of benzene rings is 2. The van der Waals surface area contributed by atoms with Crippen LogP contribution in [0.25, 0.3) is 0 Å². The molecule has 0 heterocycles. The van der Waals surface area contributed by atoms with E-state index >= 15 is 0 Å². The quantitative estimate of drug-likeness (QED) is 0.0630. The zero-order valence-electron chi connectivity index (χ0n) is 21.9. The molecule has 1 radical (unpaired) electrons.